The topological polar surface area (TPSA) is 55.3 Å². The molecule has 2 N–H and O–H groups in total. The average molecular weight is 257 g/mol. The quantitative estimate of drug-likeness (QED) is 0.894. The maximum Gasteiger partial charge on any atom is 0.129 e. The second kappa shape index (κ2) is 5.05. The van der Waals surface area contributed by atoms with E-state index in [0.717, 1.165) is 23.7 Å². The molecule has 0 amide bonds. The molecule has 0 spiro atoms. The molecular formula is C15H19N3O. The molecule has 4 heteroatoms. The summed E-state index contributed by atoms with van der Waals surface area (Å²) in [4.78, 5) is 6.86. The van der Waals surface area contributed by atoms with Crippen molar-refractivity contribution in [1.29, 1.82) is 0 Å². The Kier molecular flexibility index (Phi) is 3.25. The third-order valence-corrected chi connectivity index (χ3v) is 3.48. The Morgan fingerprint density at radius 3 is 2.79 bits per heavy atom. The molecule has 100 valence electrons. The molecule has 2 aromatic heterocycles. The summed E-state index contributed by atoms with van der Waals surface area (Å²) in [6, 6.07) is 8.67. The smallest absolute Gasteiger partial charge is 0.129 e. The molecule has 1 aliphatic carbocycles. The first-order chi connectivity index (χ1) is 9.24. The molecule has 2 aromatic rings. The van der Waals surface area contributed by atoms with Crippen LogP contribution in [0.1, 0.15) is 37.1 Å². The van der Waals surface area contributed by atoms with Crippen molar-refractivity contribution in [3.05, 3.63) is 48.0 Å². The highest BCUT2D eigenvalue weighted by Crippen LogP contribution is 2.32. The number of hydrogen-bond donors (Lipinski definition) is 1. The lowest BCUT2D eigenvalue weighted by Gasteiger charge is -2.22. The standard InChI is InChI=1S/C15H19N3O/c1-11(16)12-4-7-15(17-9-12)18(13-5-6-13)10-14-3-2-8-19-14/h2-4,7-9,11,13H,5-6,10,16H2,1H3/t11-/m0/s1. The molecule has 1 aliphatic rings. The van der Waals surface area contributed by atoms with Crippen LogP contribution in [0.2, 0.25) is 0 Å². The number of anilines is 1. The number of nitrogens with two attached hydrogens (primary N) is 1. The minimum absolute atomic E-state index is 0.0287. The number of hydrogen-bond acceptors (Lipinski definition) is 4. The summed E-state index contributed by atoms with van der Waals surface area (Å²) in [5.74, 6) is 1.98. The molecule has 1 fully saturated rings. The summed E-state index contributed by atoms with van der Waals surface area (Å²) >= 11 is 0. The van der Waals surface area contributed by atoms with E-state index in [1.165, 1.54) is 12.8 Å². The average Bonchev–Trinajstić information content (AvgIpc) is 3.13. The van der Waals surface area contributed by atoms with Crippen LogP contribution in [0, 0.1) is 0 Å². The maximum absolute atomic E-state index is 5.85. The van der Waals surface area contributed by atoms with Crippen molar-refractivity contribution < 1.29 is 4.42 Å². The van der Waals surface area contributed by atoms with Gasteiger partial charge in [0.05, 0.1) is 12.8 Å². The van der Waals surface area contributed by atoms with Crippen LogP contribution in [-0.2, 0) is 6.54 Å². The van der Waals surface area contributed by atoms with Crippen molar-refractivity contribution >= 4 is 5.82 Å². The third-order valence-electron chi connectivity index (χ3n) is 3.48. The molecule has 0 bridgehead atoms. The lowest BCUT2D eigenvalue weighted by Crippen LogP contribution is -2.25. The highest BCUT2D eigenvalue weighted by molar-refractivity contribution is 5.43. The van der Waals surface area contributed by atoms with Crippen molar-refractivity contribution in [3.63, 3.8) is 0 Å². The van der Waals surface area contributed by atoms with Gasteiger partial charge in [0.2, 0.25) is 0 Å². The van der Waals surface area contributed by atoms with E-state index < -0.39 is 0 Å². The van der Waals surface area contributed by atoms with Crippen LogP contribution in [0.5, 0.6) is 0 Å². The number of nitrogens with zero attached hydrogens (tertiary/aromatic N) is 2. The van der Waals surface area contributed by atoms with Gasteiger partial charge in [0.25, 0.3) is 0 Å². The first-order valence-electron chi connectivity index (χ1n) is 6.74. The summed E-state index contributed by atoms with van der Waals surface area (Å²) in [7, 11) is 0. The predicted molar refractivity (Wildman–Crippen MR) is 74.8 cm³/mol. The number of rotatable bonds is 5. The molecule has 1 saturated carbocycles. The molecule has 0 radical (unpaired) electrons. The van der Waals surface area contributed by atoms with Crippen LogP contribution in [0.25, 0.3) is 0 Å². The molecule has 3 rings (SSSR count). The van der Waals surface area contributed by atoms with Gasteiger partial charge in [0.1, 0.15) is 11.6 Å². The Labute approximate surface area is 113 Å². The zero-order valence-corrected chi connectivity index (χ0v) is 11.1. The Morgan fingerprint density at radius 1 is 1.42 bits per heavy atom. The normalized spacial score (nSPS) is 16.3. The molecule has 2 heterocycles. The Hall–Kier alpha value is -1.81. The van der Waals surface area contributed by atoms with Crippen LogP contribution in [0.15, 0.2) is 41.1 Å². The van der Waals surface area contributed by atoms with Crippen LogP contribution in [-0.4, -0.2) is 11.0 Å². The summed E-state index contributed by atoms with van der Waals surface area (Å²) in [6.45, 7) is 2.75. The second-order valence-electron chi connectivity index (χ2n) is 5.18. The van der Waals surface area contributed by atoms with Gasteiger partial charge >= 0.3 is 0 Å². The summed E-state index contributed by atoms with van der Waals surface area (Å²) < 4.78 is 5.44. The zero-order valence-electron chi connectivity index (χ0n) is 11.1. The molecule has 0 saturated heterocycles. The zero-order chi connectivity index (χ0) is 13.2. The van der Waals surface area contributed by atoms with Gasteiger partial charge in [-0.3, -0.25) is 0 Å². The molecule has 4 nitrogen and oxygen atoms in total. The van der Waals surface area contributed by atoms with Gasteiger partial charge in [-0.2, -0.15) is 0 Å². The third kappa shape index (κ3) is 2.79. The van der Waals surface area contributed by atoms with Gasteiger partial charge < -0.3 is 15.1 Å². The van der Waals surface area contributed by atoms with E-state index >= 15 is 0 Å². The van der Waals surface area contributed by atoms with E-state index in [-0.39, 0.29) is 6.04 Å². The fourth-order valence-corrected chi connectivity index (χ4v) is 2.19. The van der Waals surface area contributed by atoms with Crippen LogP contribution >= 0.6 is 0 Å². The minimum Gasteiger partial charge on any atom is -0.467 e. The summed E-state index contributed by atoms with van der Waals surface area (Å²) in [5.41, 5.74) is 6.92. The number of pyridine rings is 1. The van der Waals surface area contributed by atoms with Gasteiger partial charge in [0, 0.05) is 18.3 Å². The highest BCUT2D eigenvalue weighted by Gasteiger charge is 2.30. The SMILES string of the molecule is C[C@H](N)c1ccc(N(Cc2ccco2)C2CC2)nc1. The highest BCUT2D eigenvalue weighted by atomic mass is 16.3. The first kappa shape index (κ1) is 12.2. The fraction of sp³-hybridized carbons (Fsp3) is 0.400. The molecule has 0 aromatic carbocycles. The molecule has 0 aliphatic heterocycles. The second-order valence-corrected chi connectivity index (χ2v) is 5.18. The fourth-order valence-electron chi connectivity index (χ4n) is 2.19. The Bertz CT molecular complexity index is 515. The monoisotopic (exact) mass is 257 g/mol. The molecule has 0 unspecified atom stereocenters. The Morgan fingerprint density at radius 2 is 2.26 bits per heavy atom. The van der Waals surface area contributed by atoms with Crippen molar-refractivity contribution in [1.82, 2.24) is 4.98 Å². The van der Waals surface area contributed by atoms with E-state index in [9.17, 15) is 0 Å². The largest absolute Gasteiger partial charge is 0.467 e. The van der Waals surface area contributed by atoms with Crippen LogP contribution in [0.3, 0.4) is 0 Å². The Balaban J connectivity index is 1.79. The van der Waals surface area contributed by atoms with Crippen molar-refractivity contribution in [2.45, 2.75) is 38.4 Å². The lowest BCUT2D eigenvalue weighted by molar-refractivity contribution is 0.500. The van der Waals surface area contributed by atoms with Gasteiger partial charge in [-0.05, 0) is 43.5 Å². The summed E-state index contributed by atoms with van der Waals surface area (Å²) in [5, 5.41) is 0. The van der Waals surface area contributed by atoms with E-state index in [4.69, 9.17) is 10.2 Å². The van der Waals surface area contributed by atoms with Crippen LogP contribution in [0.4, 0.5) is 5.82 Å². The molecule has 19 heavy (non-hydrogen) atoms. The summed E-state index contributed by atoms with van der Waals surface area (Å²) in [6.07, 6.45) is 6.05. The van der Waals surface area contributed by atoms with Gasteiger partial charge in [-0.25, -0.2) is 4.98 Å². The number of aromatic nitrogens is 1. The van der Waals surface area contributed by atoms with Crippen LogP contribution < -0.4 is 10.6 Å². The van der Waals surface area contributed by atoms with E-state index in [0.29, 0.717) is 6.04 Å². The molecule has 1 atom stereocenters. The van der Waals surface area contributed by atoms with Crippen molar-refractivity contribution in [2.24, 2.45) is 5.73 Å². The predicted octanol–water partition coefficient (Wildman–Crippen LogP) is 2.86. The molecular weight excluding hydrogens is 238 g/mol. The van der Waals surface area contributed by atoms with E-state index in [1.54, 1.807) is 6.26 Å². The van der Waals surface area contributed by atoms with Gasteiger partial charge in [0.15, 0.2) is 0 Å². The number of furan rings is 1. The minimum atomic E-state index is 0.0287. The van der Waals surface area contributed by atoms with E-state index in [2.05, 4.69) is 22.0 Å². The van der Waals surface area contributed by atoms with Crippen molar-refractivity contribution in [3.8, 4) is 0 Å². The van der Waals surface area contributed by atoms with E-state index in [1.807, 2.05) is 25.3 Å². The first-order valence-corrected chi connectivity index (χ1v) is 6.74. The van der Waals surface area contributed by atoms with Gasteiger partial charge in [-0.15, -0.1) is 0 Å². The lowest BCUT2D eigenvalue weighted by atomic mass is 10.1. The van der Waals surface area contributed by atoms with Gasteiger partial charge in [-0.1, -0.05) is 6.07 Å². The van der Waals surface area contributed by atoms with Crippen molar-refractivity contribution in [2.75, 3.05) is 4.90 Å². The maximum atomic E-state index is 5.85.